The van der Waals surface area contributed by atoms with E-state index in [1.54, 1.807) is 39.3 Å². The molecule has 3 N–H and O–H groups in total. The minimum Gasteiger partial charge on any atom is -0.497 e. The van der Waals surface area contributed by atoms with Crippen LogP contribution in [0.2, 0.25) is 0 Å². The molecule has 0 spiro atoms. The molecule has 0 heterocycles. The number of carbonyl (C=O) groups excluding carboxylic acids is 1. The van der Waals surface area contributed by atoms with Gasteiger partial charge in [-0.2, -0.15) is 0 Å². The molecule has 0 fully saturated rings. The second-order valence-electron chi connectivity index (χ2n) is 4.46. The SMILES string of the molecule is COc1ccc(Br)c(C(=O)N(C)CC(C)C(N)=NO)c1. The number of amidine groups is 1. The van der Waals surface area contributed by atoms with E-state index in [2.05, 4.69) is 21.1 Å². The summed E-state index contributed by atoms with van der Waals surface area (Å²) in [5, 5.41) is 11.6. The molecule has 6 nitrogen and oxygen atoms in total. The quantitative estimate of drug-likeness (QED) is 0.370. The number of hydrogen-bond acceptors (Lipinski definition) is 4. The summed E-state index contributed by atoms with van der Waals surface area (Å²) in [5.74, 6) is 0.287. The largest absolute Gasteiger partial charge is 0.497 e. The molecule has 0 saturated heterocycles. The molecule has 0 bridgehead atoms. The lowest BCUT2D eigenvalue weighted by molar-refractivity contribution is 0.0784. The van der Waals surface area contributed by atoms with Gasteiger partial charge in [-0.1, -0.05) is 12.1 Å². The smallest absolute Gasteiger partial charge is 0.254 e. The third kappa shape index (κ3) is 3.86. The van der Waals surface area contributed by atoms with Crippen LogP contribution in [-0.4, -0.2) is 42.6 Å². The molecule has 0 aliphatic carbocycles. The van der Waals surface area contributed by atoms with Crippen molar-refractivity contribution in [2.75, 3.05) is 20.7 Å². The van der Waals surface area contributed by atoms with Crippen molar-refractivity contribution in [1.29, 1.82) is 0 Å². The first-order valence-corrected chi connectivity index (χ1v) is 6.76. The Morgan fingerprint density at radius 3 is 2.80 bits per heavy atom. The molecular formula is C13H18BrN3O3. The lowest BCUT2D eigenvalue weighted by Gasteiger charge is -2.21. The van der Waals surface area contributed by atoms with Gasteiger partial charge in [0.1, 0.15) is 11.6 Å². The summed E-state index contributed by atoms with van der Waals surface area (Å²) in [6.07, 6.45) is 0. The summed E-state index contributed by atoms with van der Waals surface area (Å²) in [6, 6.07) is 5.18. The monoisotopic (exact) mass is 343 g/mol. The van der Waals surface area contributed by atoms with Gasteiger partial charge in [0.05, 0.1) is 12.7 Å². The van der Waals surface area contributed by atoms with E-state index in [-0.39, 0.29) is 17.7 Å². The first-order valence-electron chi connectivity index (χ1n) is 5.97. The Morgan fingerprint density at radius 2 is 2.25 bits per heavy atom. The number of hydrogen-bond donors (Lipinski definition) is 2. The highest BCUT2D eigenvalue weighted by Crippen LogP contribution is 2.23. The van der Waals surface area contributed by atoms with Crippen LogP contribution in [0.3, 0.4) is 0 Å². The van der Waals surface area contributed by atoms with Gasteiger partial charge in [0.25, 0.3) is 5.91 Å². The number of amides is 1. The Morgan fingerprint density at radius 1 is 1.60 bits per heavy atom. The molecule has 0 aliphatic rings. The van der Waals surface area contributed by atoms with Gasteiger partial charge in [0.15, 0.2) is 0 Å². The average molecular weight is 344 g/mol. The standard InChI is InChI=1S/C13H18BrN3O3/c1-8(12(15)16-19)7-17(2)13(18)10-6-9(20-3)4-5-11(10)14/h4-6,8,19H,7H2,1-3H3,(H2,15,16). The Labute approximate surface area is 126 Å². The van der Waals surface area contributed by atoms with Crippen molar-refractivity contribution in [1.82, 2.24) is 4.90 Å². The highest BCUT2D eigenvalue weighted by molar-refractivity contribution is 9.10. The van der Waals surface area contributed by atoms with E-state index < -0.39 is 0 Å². The molecule has 1 aromatic rings. The van der Waals surface area contributed by atoms with Crippen LogP contribution < -0.4 is 10.5 Å². The summed E-state index contributed by atoms with van der Waals surface area (Å²) in [5.41, 5.74) is 6.01. The second kappa shape index (κ2) is 7.14. The molecule has 0 saturated carbocycles. The van der Waals surface area contributed by atoms with Gasteiger partial charge in [-0.3, -0.25) is 4.79 Å². The lowest BCUT2D eigenvalue weighted by atomic mass is 10.1. The second-order valence-corrected chi connectivity index (χ2v) is 5.31. The molecular weight excluding hydrogens is 326 g/mol. The summed E-state index contributed by atoms with van der Waals surface area (Å²) < 4.78 is 5.80. The molecule has 7 heteroatoms. The van der Waals surface area contributed by atoms with E-state index in [0.29, 0.717) is 22.3 Å². The maximum Gasteiger partial charge on any atom is 0.254 e. The van der Waals surface area contributed by atoms with Gasteiger partial charge in [-0.05, 0) is 34.1 Å². The van der Waals surface area contributed by atoms with Gasteiger partial charge in [-0.15, -0.1) is 0 Å². The van der Waals surface area contributed by atoms with E-state index in [0.717, 1.165) is 0 Å². The van der Waals surface area contributed by atoms with Crippen molar-refractivity contribution in [2.45, 2.75) is 6.92 Å². The number of carbonyl (C=O) groups is 1. The van der Waals surface area contributed by atoms with E-state index in [4.69, 9.17) is 15.7 Å². The molecule has 110 valence electrons. The number of benzene rings is 1. The van der Waals surface area contributed by atoms with Crippen molar-refractivity contribution >= 4 is 27.7 Å². The van der Waals surface area contributed by atoms with Crippen LogP contribution in [-0.2, 0) is 0 Å². The predicted octanol–water partition coefficient (Wildman–Crippen LogP) is 1.91. The van der Waals surface area contributed by atoms with E-state index in [9.17, 15) is 4.79 Å². The van der Waals surface area contributed by atoms with Crippen LogP contribution in [0.5, 0.6) is 5.75 Å². The number of methoxy groups -OCH3 is 1. The summed E-state index contributed by atoms with van der Waals surface area (Å²) in [6.45, 7) is 2.12. The lowest BCUT2D eigenvalue weighted by Crippen LogP contribution is -2.36. The molecule has 1 atom stereocenters. The van der Waals surface area contributed by atoms with Crippen LogP contribution in [0, 0.1) is 5.92 Å². The number of rotatable bonds is 5. The van der Waals surface area contributed by atoms with Crippen molar-refractivity contribution < 1.29 is 14.7 Å². The van der Waals surface area contributed by atoms with Gasteiger partial charge in [0, 0.05) is 24.0 Å². The predicted molar refractivity (Wildman–Crippen MR) is 80.2 cm³/mol. The van der Waals surface area contributed by atoms with Crippen molar-refractivity contribution in [3.8, 4) is 5.75 Å². The topological polar surface area (TPSA) is 88.2 Å². The molecule has 0 radical (unpaired) electrons. The molecule has 1 rings (SSSR count). The Balaban J connectivity index is 2.89. The Kier molecular flexibility index (Phi) is 5.82. The summed E-state index contributed by atoms with van der Waals surface area (Å²) in [4.78, 5) is 13.9. The Bertz CT molecular complexity index is 520. The van der Waals surface area contributed by atoms with Gasteiger partial charge in [0.2, 0.25) is 0 Å². The third-order valence-electron chi connectivity index (χ3n) is 2.92. The highest BCUT2D eigenvalue weighted by Gasteiger charge is 2.19. The molecule has 1 aromatic carbocycles. The highest BCUT2D eigenvalue weighted by atomic mass is 79.9. The number of nitrogens with zero attached hydrogens (tertiary/aromatic N) is 2. The van der Waals surface area contributed by atoms with E-state index >= 15 is 0 Å². The fourth-order valence-corrected chi connectivity index (χ4v) is 2.10. The van der Waals surface area contributed by atoms with E-state index in [1.807, 2.05) is 0 Å². The first kappa shape index (κ1) is 16.3. The van der Waals surface area contributed by atoms with Crippen LogP contribution in [0.15, 0.2) is 27.8 Å². The number of oxime groups is 1. The van der Waals surface area contributed by atoms with Gasteiger partial charge >= 0.3 is 0 Å². The minimum atomic E-state index is -0.238. The van der Waals surface area contributed by atoms with Gasteiger partial charge < -0.3 is 20.6 Å². The number of halogens is 1. The van der Waals surface area contributed by atoms with Gasteiger partial charge in [-0.25, -0.2) is 0 Å². The zero-order valence-corrected chi connectivity index (χ0v) is 13.2. The molecule has 0 aromatic heterocycles. The first-order chi connectivity index (χ1) is 9.40. The third-order valence-corrected chi connectivity index (χ3v) is 3.61. The van der Waals surface area contributed by atoms with Crippen molar-refractivity contribution in [3.63, 3.8) is 0 Å². The Hall–Kier alpha value is -1.76. The summed E-state index contributed by atoms with van der Waals surface area (Å²) in [7, 11) is 3.21. The number of nitrogens with two attached hydrogens (primary N) is 1. The zero-order valence-electron chi connectivity index (χ0n) is 11.6. The molecule has 1 amide bonds. The zero-order chi connectivity index (χ0) is 15.3. The number of ether oxygens (including phenoxy) is 1. The fraction of sp³-hybridized carbons (Fsp3) is 0.385. The molecule has 20 heavy (non-hydrogen) atoms. The molecule has 1 unspecified atom stereocenters. The van der Waals surface area contributed by atoms with Crippen LogP contribution in [0.4, 0.5) is 0 Å². The van der Waals surface area contributed by atoms with Crippen LogP contribution in [0.1, 0.15) is 17.3 Å². The van der Waals surface area contributed by atoms with Crippen LogP contribution in [0.25, 0.3) is 0 Å². The minimum absolute atomic E-state index is 0.0920. The maximum atomic E-state index is 12.4. The van der Waals surface area contributed by atoms with Crippen molar-refractivity contribution in [3.05, 3.63) is 28.2 Å². The van der Waals surface area contributed by atoms with Crippen LogP contribution >= 0.6 is 15.9 Å². The van der Waals surface area contributed by atoms with Crippen molar-refractivity contribution in [2.24, 2.45) is 16.8 Å². The maximum absolute atomic E-state index is 12.4. The normalized spacial score (nSPS) is 12.9. The fourth-order valence-electron chi connectivity index (χ4n) is 1.69. The van der Waals surface area contributed by atoms with E-state index in [1.165, 1.54) is 4.90 Å². The average Bonchev–Trinajstić information content (AvgIpc) is 2.45. The summed E-state index contributed by atoms with van der Waals surface area (Å²) >= 11 is 3.35. The molecule has 0 aliphatic heterocycles.